The Kier molecular flexibility index (Phi) is 6.31. The third kappa shape index (κ3) is 3.90. The van der Waals surface area contributed by atoms with Gasteiger partial charge < -0.3 is 5.73 Å². The van der Waals surface area contributed by atoms with E-state index in [1.165, 1.54) is 28.7 Å². The summed E-state index contributed by atoms with van der Waals surface area (Å²) in [5.41, 5.74) is 10.4. The molecular formula is C23H22N6OS2. The highest BCUT2D eigenvalue weighted by molar-refractivity contribution is 8.01. The van der Waals surface area contributed by atoms with E-state index in [1.54, 1.807) is 4.90 Å². The van der Waals surface area contributed by atoms with Crippen LogP contribution in [0.15, 0.2) is 51.3 Å². The zero-order valence-corrected chi connectivity index (χ0v) is 19.5. The molecule has 9 heteroatoms. The van der Waals surface area contributed by atoms with Gasteiger partial charge in [0.15, 0.2) is 10.1 Å². The average Bonchev–Trinajstić information content (AvgIpc) is 3.25. The number of hydrogen-bond donors (Lipinski definition) is 1. The first-order chi connectivity index (χ1) is 15.5. The van der Waals surface area contributed by atoms with Crippen molar-refractivity contribution in [1.82, 2.24) is 10.2 Å². The van der Waals surface area contributed by atoms with E-state index in [9.17, 15) is 10.1 Å². The van der Waals surface area contributed by atoms with Crippen LogP contribution in [0.4, 0.5) is 5.13 Å². The number of nitrogens with two attached hydrogens (primary N) is 1. The molecule has 0 saturated carbocycles. The smallest absolute Gasteiger partial charge is 0.219 e. The average molecular weight is 463 g/mol. The number of carbonyl (C=O) groups is 1. The van der Waals surface area contributed by atoms with E-state index >= 15 is 0 Å². The minimum Gasteiger partial charge on any atom is -0.384 e. The van der Waals surface area contributed by atoms with Crippen LogP contribution in [0.1, 0.15) is 56.1 Å². The summed E-state index contributed by atoms with van der Waals surface area (Å²) in [5, 5.41) is 27.8. The van der Waals surface area contributed by atoms with Crippen molar-refractivity contribution in [1.29, 1.82) is 10.5 Å². The Hall–Kier alpha value is -3.14. The molecule has 0 bridgehead atoms. The quantitative estimate of drug-likeness (QED) is 0.641. The number of anilines is 1. The van der Waals surface area contributed by atoms with Crippen LogP contribution in [0.5, 0.6) is 0 Å². The number of aromatic nitrogens is 2. The van der Waals surface area contributed by atoms with Crippen LogP contribution < -0.4 is 10.6 Å². The summed E-state index contributed by atoms with van der Waals surface area (Å²) < 4.78 is 0.642. The molecule has 1 aromatic heterocycles. The second-order valence-corrected chi connectivity index (χ2v) is 10.1. The number of hydrogen-bond acceptors (Lipinski definition) is 9. The van der Waals surface area contributed by atoms with Crippen molar-refractivity contribution < 1.29 is 4.79 Å². The standard InChI is InChI=1S/C23H22N6OS2/c1-13(2)14-6-8-15(9-7-14)19-16(12-25)21(26)29(17-4-3-5-18(30)20(17)19)22-27-28-23(32-22)31-11-10-24/h6-9,13,19H,3-5,11,26H2,1-2H3. The SMILES string of the molecule is CC(C)c1ccc(C2C(C#N)=C(N)N(c3nnc(SCC#N)s3)C3=C2C(=O)CCC3)cc1. The van der Waals surface area contributed by atoms with Crippen LogP contribution >= 0.6 is 23.1 Å². The Morgan fingerprint density at radius 1 is 1.25 bits per heavy atom. The molecule has 7 nitrogen and oxygen atoms in total. The summed E-state index contributed by atoms with van der Waals surface area (Å²) in [6, 6.07) is 12.4. The highest BCUT2D eigenvalue weighted by Crippen LogP contribution is 2.47. The molecule has 1 aliphatic carbocycles. The lowest BCUT2D eigenvalue weighted by molar-refractivity contribution is -0.116. The minimum absolute atomic E-state index is 0.0398. The lowest BCUT2D eigenvalue weighted by Crippen LogP contribution is -2.38. The van der Waals surface area contributed by atoms with Crippen molar-refractivity contribution in [2.24, 2.45) is 5.73 Å². The Labute approximate surface area is 195 Å². The number of benzene rings is 1. The fourth-order valence-electron chi connectivity index (χ4n) is 4.16. The van der Waals surface area contributed by atoms with Crippen LogP contribution in [0, 0.1) is 22.7 Å². The summed E-state index contributed by atoms with van der Waals surface area (Å²) in [4.78, 5) is 14.9. The van der Waals surface area contributed by atoms with Crippen molar-refractivity contribution in [3.63, 3.8) is 0 Å². The molecule has 0 saturated heterocycles. The van der Waals surface area contributed by atoms with Gasteiger partial charge in [-0.3, -0.25) is 9.69 Å². The summed E-state index contributed by atoms with van der Waals surface area (Å²) in [5.74, 6) is 0.494. The normalized spacial score (nSPS) is 18.6. The van der Waals surface area contributed by atoms with Gasteiger partial charge in [-0.2, -0.15) is 10.5 Å². The van der Waals surface area contributed by atoms with Gasteiger partial charge in [-0.05, 0) is 29.9 Å². The first kappa shape index (κ1) is 22.1. The maximum atomic E-state index is 13.1. The zero-order chi connectivity index (χ0) is 22.8. The molecule has 4 rings (SSSR count). The van der Waals surface area contributed by atoms with E-state index in [4.69, 9.17) is 11.0 Å². The molecule has 2 aliphatic rings. The van der Waals surface area contributed by atoms with Crippen LogP contribution in [-0.4, -0.2) is 21.7 Å². The third-order valence-corrected chi connectivity index (χ3v) is 7.61. The molecule has 0 fully saturated rings. The molecule has 2 aromatic rings. The van der Waals surface area contributed by atoms with Gasteiger partial charge in [-0.25, -0.2) is 0 Å². The Morgan fingerprint density at radius 2 is 2.00 bits per heavy atom. The Balaban J connectivity index is 1.84. The van der Waals surface area contributed by atoms with Gasteiger partial charge in [-0.1, -0.05) is 61.2 Å². The van der Waals surface area contributed by atoms with Crippen molar-refractivity contribution in [3.05, 3.63) is 58.1 Å². The lowest BCUT2D eigenvalue weighted by atomic mass is 9.75. The Bertz CT molecular complexity index is 1200. The second-order valence-electron chi connectivity index (χ2n) is 7.93. The third-order valence-electron chi connectivity index (χ3n) is 5.70. The maximum Gasteiger partial charge on any atom is 0.219 e. The molecule has 1 atom stereocenters. The molecule has 0 amide bonds. The zero-order valence-electron chi connectivity index (χ0n) is 17.8. The number of carbonyl (C=O) groups excluding carboxylic acids is 1. The number of nitriles is 2. The molecule has 1 aliphatic heterocycles. The van der Waals surface area contributed by atoms with E-state index in [1.807, 2.05) is 12.1 Å². The van der Waals surface area contributed by atoms with Crippen LogP contribution in [0.2, 0.25) is 0 Å². The molecule has 0 radical (unpaired) electrons. The molecule has 32 heavy (non-hydrogen) atoms. The van der Waals surface area contributed by atoms with Crippen LogP contribution in [-0.2, 0) is 4.79 Å². The molecular weight excluding hydrogens is 440 g/mol. The van der Waals surface area contributed by atoms with E-state index in [0.29, 0.717) is 39.4 Å². The molecule has 2 heterocycles. The van der Waals surface area contributed by atoms with Crippen molar-refractivity contribution in [2.45, 2.75) is 49.3 Å². The molecule has 1 unspecified atom stereocenters. The van der Waals surface area contributed by atoms with Crippen molar-refractivity contribution in [2.75, 3.05) is 10.7 Å². The number of ketones is 1. The highest BCUT2D eigenvalue weighted by atomic mass is 32.2. The van der Waals surface area contributed by atoms with E-state index in [2.05, 4.69) is 48.3 Å². The van der Waals surface area contributed by atoms with Gasteiger partial charge in [0.05, 0.1) is 29.4 Å². The minimum atomic E-state index is -0.486. The topological polar surface area (TPSA) is 120 Å². The van der Waals surface area contributed by atoms with Crippen LogP contribution in [0.3, 0.4) is 0 Å². The first-order valence-corrected chi connectivity index (χ1v) is 12.2. The summed E-state index contributed by atoms with van der Waals surface area (Å²) in [7, 11) is 0. The predicted octanol–water partition coefficient (Wildman–Crippen LogP) is 4.58. The van der Waals surface area contributed by atoms with Crippen molar-refractivity contribution >= 4 is 34.0 Å². The second kappa shape index (κ2) is 9.15. The fraction of sp³-hybridized carbons (Fsp3) is 0.348. The number of allylic oxidation sites excluding steroid dienone is 3. The summed E-state index contributed by atoms with van der Waals surface area (Å²) in [6.45, 7) is 4.26. The van der Waals surface area contributed by atoms with Gasteiger partial charge in [0.25, 0.3) is 0 Å². The lowest BCUT2D eigenvalue weighted by Gasteiger charge is -2.38. The molecule has 1 aromatic carbocycles. The van der Waals surface area contributed by atoms with Gasteiger partial charge in [0.1, 0.15) is 5.82 Å². The van der Waals surface area contributed by atoms with E-state index < -0.39 is 5.92 Å². The monoisotopic (exact) mass is 462 g/mol. The predicted molar refractivity (Wildman–Crippen MR) is 125 cm³/mol. The fourth-order valence-corrected chi connectivity index (χ4v) is 5.70. The van der Waals surface area contributed by atoms with Gasteiger partial charge in [-0.15, -0.1) is 10.2 Å². The number of rotatable bonds is 5. The first-order valence-electron chi connectivity index (χ1n) is 10.4. The number of Topliss-reactive ketones (excluding diaryl/α,β-unsaturated/α-hetero) is 1. The van der Waals surface area contributed by atoms with E-state index in [0.717, 1.165) is 17.7 Å². The summed E-state index contributed by atoms with van der Waals surface area (Å²) in [6.07, 6.45) is 1.84. The van der Waals surface area contributed by atoms with Crippen molar-refractivity contribution in [3.8, 4) is 12.1 Å². The number of thioether (sulfide) groups is 1. The Morgan fingerprint density at radius 3 is 2.66 bits per heavy atom. The van der Waals surface area contributed by atoms with Gasteiger partial charge in [0, 0.05) is 17.7 Å². The van der Waals surface area contributed by atoms with E-state index in [-0.39, 0.29) is 17.4 Å². The molecule has 0 spiro atoms. The van der Waals surface area contributed by atoms with Gasteiger partial charge >= 0.3 is 0 Å². The van der Waals surface area contributed by atoms with Gasteiger partial charge in [0.2, 0.25) is 5.13 Å². The van der Waals surface area contributed by atoms with Crippen LogP contribution in [0.25, 0.3) is 0 Å². The highest BCUT2D eigenvalue weighted by Gasteiger charge is 2.41. The molecule has 2 N–H and O–H groups in total. The maximum absolute atomic E-state index is 13.1. The summed E-state index contributed by atoms with van der Waals surface area (Å²) >= 11 is 2.60. The largest absolute Gasteiger partial charge is 0.384 e. The number of nitrogens with zero attached hydrogens (tertiary/aromatic N) is 5. The molecule has 162 valence electrons.